The highest BCUT2D eigenvalue weighted by atomic mass is 15.1. The zero-order valence-corrected chi connectivity index (χ0v) is 11.5. The molecule has 2 aromatic heterocycles. The molecule has 1 saturated carbocycles. The monoisotopic (exact) mass is 277 g/mol. The lowest BCUT2D eigenvalue weighted by molar-refractivity contribution is 0.718. The first-order chi connectivity index (χ1) is 10.4. The molecule has 0 spiro atoms. The van der Waals surface area contributed by atoms with Crippen molar-refractivity contribution < 1.29 is 0 Å². The van der Waals surface area contributed by atoms with Crippen LogP contribution >= 0.6 is 0 Å². The third-order valence-electron chi connectivity index (χ3n) is 4.93. The number of imidazole rings is 1. The predicted molar refractivity (Wildman–Crippen MR) is 80.0 cm³/mol. The Balaban J connectivity index is 1.34. The van der Waals surface area contributed by atoms with Crippen molar-refractivity contribution in [3.63, 3.8) is 0 Å². The molecule has 0 saturated heterocycles. The van der Waals surface area contributed by atoms with E-state index >= 15 is 0 Å². The van der Waals surface area contributed by atoms with E-state index in [4.69, 9.17) is 0 Å². The van der Waals surface area contributed by atoms with Crippen LogP contribution in [0.1, 0.15) is 17.0 Å². The predicted octanol–water partition coefficient (Wildman–Crippen LogP) is 2.35. The van der Waals surface area contributed by atoms with E-state index in [1.807, 2.05) is 0 Å². The molecule has 3 aromatic rings. The van der Waals surface area contributed by atoms with E-state index in [0.717, 1.165) is 35.6 Å². The SMILES string of the molecule is c1ccc2c(c1)CC1C(CNc3ncnc4nc[nH]c34)C21. The van der Waals surface area contributed by atoms with Crippen LogP contribution in [0.15, 0.2) is 36.9 Å². The summed E-state index contributed by atoms with van der Waals surface area (Å²) in [6.07, 6.45) is 4.46. The van der Waals surface area contributed by atoms with Gasteiger partial charge in [-0.1, -0.05) is 24.3 Å². The molecule has 5 rings (SSSR count). The highest BCUT2D eigenvalue weighted by molar-refractivity contribution is 5.81. The standard InChI is InChI=1S/C16H15N5/c1-2-4-10-9(3-1)5-11-12(13(10)11)6-17-15-14-16(19-7-18-14)21-8-20-15/h1-4,7-8,11-13H,5-6H2,(H2,17,18,19,20,21). The summed E-state index contributed by atoms with van der Waals surface area (Å²) >= 11 is 0. The molecule has 3 atom stereocenters. The number of nitrogens with zero attached hydrogens (tertiary/aromatic N) is 3. The van der Waals surface area contributed by atoms with Crippen molar-refractivity contribution >= 4 is 17.0 Å². The first kappa shape index (κ1) is 11.3. The molecule has 2 heterocycles. The zero-order valence-electron chi connectivity index (χ0n) is 11.5. The van der Waals surface area contributed by atoms with Crippen molar-refractivity contribution in [2.75, 3.05) is 11.9 Å². The summed E-state index contributed by atoms with van der Waals surface area (Å²) in [6.45, 7) is 0.967. The Morgan fingerprint density at radius 3 is 3.14 bits per heavy atom. The molecule has 3 unspecified atom stereocenters. The molecule has 0 amide bonds. The van der Waals surface area contributed by atoms with E-state index in [-0.39, 0.29) is 0 Å². The minimum absolute atomic E-state index is 0.717. The summed E-state index contributed by atoms with van der Waals surface area (Å²) in [5.41, 5.74) is 4.71. The maximum atomic E-state index is 4.32. The van der Waals surface area contributed by atoms with Gasteiger partial charge < -0.3 is 10.3 Å². The number of H-pyrrole nitrogens is 1. The van der Waals surface area contributed by atoms with Crippen LogP contribution < -0.4 is 5.32 Å². The van der Waals surface area contributed by atoms with Crippen LogP contribution in [0.2, 0.25) is 0 Å². The molecule has 5 heteroatoms. The minimum atomic E-state index is 0.717. The quantitative estimate of drug-likeness (QED) is 0.771. The normalized spacial score (nSPS) is 25.6. The van der Waals surface area contributed by atoms with Gasteiger partial charge in [0.05, 0.1) is 6.33 Å². The molecule has 104 valence electrons. The third kappa shape index (κ3) is 1.60. The fourth-order valence-corrected chi connectivity index (χ4v) is 3.88. The van der Waals surface area contributed by atoms with Crippen LogP contribution in [0.3, 0.4) is 0 Å². The van der Waals surface area contributed by atoms with Gasteiger partial charge in [-0.05, 0) is 35.3 Å². The molecule has 0 aliphatic heterocycles. The van der Waals surface area contributed by atoms with Gasteiger partial charge in [0.25, 0.3) is 0 Å². The molecular weight excluding hydrogens is 262 g/mol. The van der Waals surface area contributed by atoms with Gasteiger partial charge in [-0.25, -0.2) is 15.0 Å². The fraction of sp³-hybridized carbons (Fsp3) is 0.312. The highest BCUT2D eigenvalue weighted by Gasteiger charge is 2.54. The van der Waals surface area contributed by atoms with Gasteiger partial charge in [0.15, 0.2) is 11.5 Å². The Labute approximate surface area is 121 Å². The number of fused-ring (bicyclic) bond motifs is 4. The van der Waals surface area contributed by atoms with Crippen molar-refractivity contribution in [3.8, 4) is 0 Å². The molecule has 0 radical (unpaired) electrons. The Bertz CT molecular complexity index is 824. The Kier molecular flexibility index (Phi) is 2.16. The molecular formula is C16H15N5. The molecule has 5 nitrogen and oxygen atoms in total. The Morgan fingerprint density at radius 1 is 1.19 bits per heavy atom. The highest BCUT2D eigenvalue weighted by Crippen LogP contribution is 2.61. The van der Waals surface area contributed by atoms with Crippen LogP contribution in [0.5, 0.6) is 0 Å². The Morgan fingerprint density at radius 2 is 2.14 bits per heavy atom. The second-order valence-corrected chi connectivity index (χ2v) is 5.96. The number of nitrogens with one attached hydrogen (secondary N) is 2. The van der Waals surface area contributed by atoms with E-state index in [1.54, 1.807) is 23.8 Å². The number of benzene rings is 1. The number of hydrogen-bond acceptors (Lipinski definition) is 4. The van der Waals surface area contributed by atoms with Crippen LogP contribution in [0.4, 0.5) is 5.82 Å². The average molecular weight is 277 g/mol. The number of anilines is 1. The lowest BCUT2D eigenvalue weighted by Crippen LogP contribution is -2.09. The first-order valence-electron chi connectivity index (χ1n) is 7.37. The minimum Gasteiger partial charge on any atom is -0.368 e. The van der Waals surface area contributed by atoms with Crippen molar-refractivity contribution in [2.24, 2.45) is 11.8 Å². The second-order valence-electron chi connectivity index (χ2n) is 5.96. The first-order valence-corrected chi connectivity index (χ1v) is 7.37. The fourth-order valence-electron chi connectivity index (χ4n) is 3.88. The summed E-state index contributed by atoms with van der Waals surface area (Å²) in [7, 11) is 0. The van der Waals surface area contributed by atoms with E-state index in [2.05, 4.69) is 49.5 Å². The lowest BCUT2D eigenvalue weighted by Gasteiger charge is -2.09. The second kappa shape index (κ2) is 4.04. The summed E-state index contributed by atoms with van der Waals surface area (Å²) < 4.78 is 0. The molecule has 2 aliphatic rings. The molecule has 2 aliphatic carbocycles. The van der Waals surface area contributed by atoms with Gasteiger partial charge in [-0.15, -0.1) is 0 Å². The van der Waals surface area contributed by atoms with Crippen molar-refractivity contribution in [1.82, 2.24) is 19.9 Å². The number of hydrogen-bond donors (Lipinski definition) is 2. The van der Waals surface area contributed by atoms with Gasteiger partial charge in [0, 0.05) is 6.54 Å². The van der Waals surface area contributed by atoms with Crippen LogP contribution in [-0.4, -0.2) is 26.5 Å². The maximum Gasteiger partial charge on any atom is 0.182 e. The summed E-state index contributed by atoms with van der Waals surface area (Å²) in [4.78, 5) is 15.7. The van der Waals surface area contributed by atoms with E-state index in [0.29, 0.717) is 5.65 Å². The average Bonchev–Trinajstić information content (AvgIpc) is 2.91. The van der Waals surface area contributed by atoms with E-state index < -0.39 is 0 Å². The lowest BCUT2D eigenvalue weighted by atomic mass is 10.0. The van der Waals surface area contributed by atoms with Gasteiger partial charge in [-0.2, -0.15) is 0 Å². The van der Waals surface area contributed by atoms with Crippen molar-refractivity contribution in [1.29, 1.82) is 0 Å². The van der Waals surface area contributed by atoms with Crippen LogP contribution in [0, 0.1) is 11.8 Å². The van der Waals surface area contributed by atoms with Crippen LogP contribution in [-0.2, 0) is 6.42 Å². The molecule has 21 heavy (non-hydrogen) atoms. The zero-order chi connectivity index (χ0) is 13.8. The molecule has 1 fully saturated rings. The van der Waals surface area contributed by atoms with E-state index in [1.165, 1.54) is 6.42 Å². The maximum absolute atomic E-state index is 4.32. The Hall–Kier alpha value is -2.43. The summed E-state index contributed by atoms with van der Waals surface area (Å²) in [5, 5.41) is 3.47. The smallest absolute Gasteiger partial charge is 0.182 e. The van der Waals surface area contributed by atoms with Crippen molar-refractivity contribution in [2.45, 2.75) is 12.3 Å². The van der Waals surface area contributed by atoms with Gasteiger partial charge >= 0.3 is 0 Å². The summed E-state index contributed by atoms with van der Waals surface area (Å²) in [5.74, 6) is 3.14. The molecule has 1 aromatic carbocycles. The number of rotatable bonds is 3. The largest absolute Gasteiger partial charge is 0.368 e. The summed E-state index contributed by atoms with van der Waals surface area (Å²) in [6, 6.07) is 8.86. The number of aromatic amines is 1. The van der Waals surface area contributed by atoms with Gasteiger partial charge in [-0.3, -0.25) is 0 Å². The topological polar surface area (TPSA) is 66.5 Å². The van der Waals surface area contributed by atoms with Crippen molar-refractivity contribution in [3.05, 3.63) is 48.0 Å². The number of aromatic nitrogens is 4. The molecule has 2 N–H and O–H groups in total. The molecule has 0 bridgehead atoms. The van der Waals surface area contributed by atoms with E-state index in [9.17, 15) is 0 Å². The van der Waals surface area contributed by atoms with Gasteiger partial charge in [0.1, 0.15) is 11.8 Å². The van der Waals surface area contributed by atoms with Gasteiger partial charge in [0.2, 0.25) is 0 Å². The van der Waals surface area contributed by atoms with Crippen LogP contribution in [0.25, 0.3) is 11.2 Å². The third-order valence-corrected chi connectivity index (χ3v) is 4.93.